The number of amides is 1. The minimum absolute atomic E-state index is 0.274. The molecule has 2 aliphatic rings. The summed E-state index contributed by atoms with van der Waals surface area (Å²) in [4.78, 5) is 25.5. The predicted octanol–water partition coefficient (Wildman–Crippen LogP) is 0.657. The summed E-state index contributed by atoms with van der Waals surface area (Å²) in [6, 6.07) is 1.82. The number of hydrogen-bond donors (Lipinski definition) is 1. The van der Waals surface area contributed by atoms with Crippen LogP contribution in [0.1, 0.15) is 26.2 Å². The Morgan fingerprint density at radius 3 is 2.57 bits per heavy atom. The van der Waals surface area contributed by atoms with E-state index in [-0.39, 0.29) is 11.4 Å². The van der Waals surface area contributed by atoms with E-state index in [1.54, 1.807) is 12.4 Å². The first kappa shape index (κ1) is 14.3. The van der Waals surface area contributed by atoms with E-state index in [0.717, 1.165) is 57.9 Å². The Morgan fingerprint density at radius 1 is 1.29 bits per heavy atom. The van der Waals surface area contributed by atoms with E-state index >= 15 is 0 Å². The molecular weight excluding hydrogens is 266 g/mol. The largest absolute Gasteiger partial charge is 0.338 e. The van der Waals surface area contributed by atoms with E-state index in [4.69, 9.17) is 0 Å². The summed E-state index contributed by atoms with van der Waals surface area (Å²) in [7, 11) is 0. The average molecular weight is 289 g/mol. The second kappa shape index (κ2) is 5.97. The maximum atomic E-state index is 12.8. The molecule has 3 rings (SSSR count). The first-order valence-electron chi connectivity index (χ1n) is 7.81. The van der Waals surface area contributed by atoms with Crippen LogP contribution in [-0.4, -0.2) is 59.0 Å². The third-order valence-electron chi connectivity index (χ3n) is 4.66. The fourth-order valence-electron chi connectivity index (χ4n) is 3.31. The number of hydrogen-bond acceptors (Lipinski definition) is 5. The van der Waals surface area contributed by atoms with Crippen LogP contribution < -0.4 is 10.2 Å². The normalized spacial score (nSPS) is 26.1. The molecule has 0 bridgehead atoms. The molecule has 0 aliphatic carbocycles. The minimum atomic E-state index is -0.314. The molecule has 0 saturated carbocycles. The Balaban J connectivity index is 1.62. The molecule has 1 atom stereocenters. The van der Waals surface area contributed by atoms with Gasteiger partial charge in [0.25, 0.3) is 0 Å². The van der Waals surface area contributed by atoms with Gasteiger partial charge in [-0.2, -0.15) is 0 Å². The molecule has 2 saturated heterocycles. The van der Waals surface area contributed by atoms with Gasteiger partial charge < -0.3 is 15.1 Å². The Morgan fingerprint density at radius 2 is 2.00 bits per heavy atom. The van der Waals surface area contributed by atoms with Gasteiger partial charge in [0.2, 0.25) is 11.9 Å². The van der Waals surface area contributed by atoms with E-state index < -0.39 is 0 Å². The third-order valence-corrected chi connectivity index (χ3v) is 4.66. The second-order valence-corrected chi connectivity index (χ2v) is 5.79. The van der Waals surface area contributed by atoms with Gasteiger partial charge in [-0.3, -0.25) is 4.79 Å². The van der Waals surface area contributed by atoms with Gasteiger partial charge in [-0.1, -0.05) is 6.92 Å². The van der Waals surface area contributed by atoms with Crippen molar-refractivity contribution in [3.8, 4) is 0 Å². The van der Waals surface area contributed by atoms with Crippen LogP contribution in [0.25, 0.3) is 0 Å². The maximum Gasteiger partial charge on any atom is 0.242 e. The Kier molecular flexibility index (Phi) is 4.05. The molecule has 2 aliphatic heterocycles. The molecule has 1 unspecified atom stereocenters. The fraction of sp³-hybridized carbons (Fsp3) is 0.667. The Bertz CT molecular complexity index is 478. The summed E-state index contributed by atoms with van der Waals surface area (Å²) < 4.78 is 0. The summed E-state index contributed by atoms with van der Waals surface area (Å²) in [6.45, 7) is 6.16. The average Bonchev–Trinajstić information content (AvgIpc) is 3.05. The number of nitrogens with one attached hydrogen (secondary N) is 1. The second-order valence-electron chi connectivity index (χ2n) is 5.79. The zero-order chi connectivity index (χ0) is 14.7. The molecule has 0 aromatic carbocycles. The van der Waals surface area contributed by atoms with Crippen LogP contribution in [-0.2, 0) is 4.79 Å². The molecular formula is C15H23N5O. The quantitative estimate of drug-likeness (QED) is 0.885. The molecule has 114 valence electrons. The van der Waals surface area contributed by atoms with Crippen LogP contribution in [0, 0.1) is 0 Å². The highest BCUT2D eigenvalue weighted by Gasteiger charge is 2.42. The molecule has 6 nitrogen and oxygen atoms in total. The summed E-state index contributed by atoms with van der Waals surface area (Å²) in [6.07, 6.45) is 6.44. The number of aromatic nitrogens is 2. The molecule has 6 heteroatoms. The van der Waals surface area contributed by atoms with Gasteiger partial charge in [0.1, 0.15) is 0 Å². The van der Waals surface area contributed by atoms with Crippen molar-refractivity contribution in [3.63, 3.8) is 0 Å². The van der Waals surface area contributed by atoms with Crippen molar-refractivity contribution in [1.82, 2.24) is 20.2 Å². The summed E-state index contributed by atoms with van der Waals surface area (Å²) >= 11 is 0. The topological polar surface area (TPSA) is 61.4 Å². The monoisotopic (exact) mass is 289 g/mol. The Hall–Kier alpha value is -1.69. The standard InChI is InChI=1S/C15H23N5O/c1-2-15(5-3-8-18-15)13(21)19-9-11-20(12-10-19)14-16-6-4-7-17-14/h4,6-7,18H,2-3,5,8-12H2,1H3. The van der Waals surface area contributed by atoms with Gasteiger partial charge in [-0.05, 0) is 31.9 Å². The van der Waals surface area contributed by atoms with E-state index in [2.05, 4.69) is 27.1 Å². The summed E-state index contributed by atoms with van der Waals surface area (Å²) in [5, 5.41) is 3.43. The van der Waals surface area contributed by atoms with Gasteiger partial charge in [0, 0.05) is 38.6 Å². The van der Waals surface area contributed by atoms with Crippen molar-refractivity contribution in [1.29, 1.82) is 0 Å². The van der Waals surface area contributed by atoms with Crippen molar-refractivity contribution in [2.24, 2.45) is 0 Å². The number of piperazine rings is 1. The highest BCUT2D eigenvalue weighted by molar-refractivity contribution is 5.87. The first-order chi connectivity index (χ1) is 10.2. The highest BCUT2D eigenvalue weighted by atomic mass is 16.2. The number of anilines is 1. The van der Waals surface area contributed by atoms with Crippen molar-refractivity contribution >= 4 is 11.9 Å². The molecule has 2 fully saturated rings. The summed E-state index contributed by atoms with van der Waals surface area (Å²) in [5.74, 6) is 1.03. The van der Waals surface area contributed by atoms with E-state index in [1.807, 2.05) is 11.0 Å². The zero-order valence-corrected chi connectivity index (χ0v) is 12.6. The lowest BCUT2D eigenvalue weighted by Crippen LogP contribution is -2.59. The highest BCUT2D eigenvalue weighted by Crippen LogP contribution is 2.26. The Labute approximate surface area is 125 Å². The number of carbonyl (C=O) groups is 1. The van der Waals surface area contributed by atoms with E-state index in [9.17, 15) is 4.79 Å². The molecule has 0 radical (unpaired) electrons. The molecule has 3 heterocycles. The number of nitrogens with zero attached hydrogens (tertiary/aromatic N) is 4. The van der Waals surface area contributed by atoms with E-state index in [1.165, 1.54) is 0 Å². The van der Waals surface area contributed by atoms with Crippen molar-refractivity contribution in [2.75, 3.05) is 37.6 Å². The lowest BCUT2D eigenvalue weighted by atomic mass is 9.92. The third kappa shape index (κ3) is 2.72. The van der Waals surface area contributed by atoms with Crippen LogP contribution in [0.3, 0.4) is 0 Å². The van der Waals surface area contributed by atoms with Crippen molar-refractivity contribution < 1.29 is 4.79 Å². The van der Waals surface area contributed by atoms with Crippen molar-refractivity contribution in [2.45, 2.75) is 31.7 Å². The first-order valence-corrected chi connectivity index (χ1v) is 7.81. The maximum absolute atomic E-state index is 12.8. The SMILES string of the molecule is CCC1(C(=O)N2CCN(c3ncccn3)CC2)CCCN1. The minimum Gasteiger partial charge on any atom is -0.338 e. The van der Waals surface area contributed by atoms with Gasteiger partial charge in [-0.25, -0.2) is 9.97 Å². The zero-order valence-electron chi connectivity index (χ0n) is 12.6. The van der Waals surface area contributed by atoms with E-state index in [0.29, 0.717) is 0 Å². The van der Waals surface area contributed by atoms with Gasteiger partial charge in [0.15, 0.2) is 0 Å². The summed E-state index contributed by atoms with van der Waals surface area (Å²) in [5.41, 5.74) is -0.314. The van der Waals surface area contributed by atoms with Crippen molar-refractivity contribution in [3.05, 3.63) is 18.5 Å². The molecule has 1 amide bonds. The van der Waals surface area contributed by atoms with Gasteiger partial charge in [0.05, 0.1) is 5.54 Å². The lowest BCUT2D eigenvalue weighted by Gasteiger charge is -2.39. The molecule has 1 aromatic rings. The molecule has 1 aromatic heterocycles. The van der Waals surface area contributed by atoms with Crippen LogP contribution in [0.4, 0.5) is 5.95 Å². The van der Waals surface area contributed by atoms with Crippen LogP contribution >= 0.6 is 0 Å². The lowest BCUT2D eigenvalue weighted by molar-refractivity contribution is -0.138. The van der Waals surface area contributed by atoms with Gasteiger partial charge >= 0.3 is 0 Å². The van der Waals surface area contributed by atoms with Crippen LogP contribution in [0.2, 0.25) is 0 Å². The molecule has 21 heavy (non-hydrogen) atoms. The molecule has 0 spiro atoms. The number of carbonyl (C=O) groups excluding carboxylic acids is 1. The predicted molar refractivity (Wildman–Crippen MR) is 81.1 cm³/mol. The van der Waals surface area contributed by atoms with Crippen LogP contribution in [0.15, 0.2) is 18.5 Å². The smallest absolute Gasteiger partial charge is 0.242 e. The fourth-order valence-corrected chi connectivity index (χ4v) is 3.31. The van der Waals surface area contributed by atoms with Crippen LogP contribution in [0.5, 0.6) is 0 Å². The van der Waals surface area contributed by atoms with Gasteiger partial charge in [-0.15, -0.1) is 0 Å². The number of rotatable bonds is 3. The molecule has 1 N–H and O–H groups in total.